The first-order chi connectivity index (χ1) is 10.6. The minimum absolute atomic E-state index is 0.0977. The first-order valence-corrected chi connectivity index (χ1v) is 7.09. The average molecular weight is 296 g/mol. The predicted molar refractivity (Wildman–Crippen MR) is 90.3 cm³/mol. The van der Waals surface area contributed by atoms with Gasteiger partial charge in [0.15, 0.2) is 0 Å². The fourth-order valence-corrected chi connectivity index (χ4v) is 1.81. The molecular formula is C18H20N2O2. The largest absolute Gasteiger partial charge is 0.489 e. The SMILES string of the molecule is C=C(C)COc1cccc(NCC(=O)Nc2ccccc2)c1. The van der Waals surface area contributed by atoms with E-state index in [0.29, 0.717) is 6.61 Å². The lowest BCUT2D eigenvalue weighted by Crippen LogP contribution is -2.21. The van der Waals surface area contributed by atoms with Crippen LogP contribution in [0.15, 0.2) is 66.7 Å². The zero-order valence-corrected chi connectivity index (χ0v) is 12.6. The Hall–Kier alpha value is -2.75. The first kappa shape index (κ1) is 15.6. The third kappa shape index (κ3) is 5.32. The summed E-state index contributed by atoms with van der Waals surface area (Å²) in [5, 5.41) is 5.90. The second-order valence-corrected chi connectivity index (χ2v) is 5.04. The van der Waals surface area contributed by atoms with Gasteiger partial charge in [-0.2, -0.15) is 0 Å². The second kappa shape index (κ2) is 7.88. The molecule has 1 amide bonds. The van der Waals surface area contributed by atoms with Crippen LogP contribution in [0.3, 0.4) is 0 Å². The van der Waals surface area contributed by atoms with Crippen molar-refractivity contribution in [3.8, 4) is 5.75 Å². The quantitative estimate of drug-likeness (QED) is 0.766. The Bertz CT molecular complexity index is 639. The summed E-state index contributed by atoms with van der Waals surface area (Å²) in [6.45, 7) is 6.39. The van der Waals surface area contributed by atoms with Crippen LogP contribution >= 0.6 is 0 Å². The van der Waals surface area contributed by atoms with E-state index in [1.807, 2.05) is 61.5 Å². The van der Waals surface area contributed by atoms with Gasteiger partial charge in [0.25, 0.3) is 0 Å². The topological polar surface area (TPSA) is 50.4 Å². The highest BCUT2D eigenvalue weighted by molar-refractivity contribution is 5.93. The van der Waals surface area contributed by atoms with Gasteiger partial charge in [-0.3, -0.25) is 4.79 Å². The van der Waals surface area contributed by atoms with Crippen LogP contribution in [0.25, 0.3) is 0 Å². The van der Waals surface area contributed by atoms with Crippen LogP contribution in [-0.2, 0) is 4.79 Å². The molecule has 0 radical (unpaired) electrons. The highest BCUT2D eigenvalue weighted by atomic mass is 16.5. The maximum atomic E-state index is 11.9. The number of rotatable bonds is 7. The van der Waals surface area contributed by atoms with E-state index in [2.05, 4.69) is 17.2 Å². The Labute approximate surface area is 130 Å². The molecule has 0 unspecified atom stereocenters. The fraction of sp³-hybridized carbons (Fsp3) is 0.167. The molecule has 2 aromatic rings. The van der Waals surface area contributed by atoms with Gasteiger partial charge < -0.3 is 15.4 Å². The maximum Gasteiger partial charge on any atom is 0.243 e. The average Bonchev–Trinajstić information content (AvgIpc) is 2.52. The van der Waals surface area contributed by atoms with Gasteiger partial charge in [0.05, 0.1) is 6.54 Å². The van der Waals surface area contributed by atoms with Crippen molar-refractivity contribution in [2.45, 2.75) is 6.92 Å². The number of para-hydroxylation sites is 1. The number of hydrogen-bond acceptors (Lipinski definition) is 3. The van der Waals surface area contributed by atoms with Crippen LogP contribution in [0.1, 0.15) is 6.92 Å². The van der Waals surface area contributed by atoms with Gasteiger partial charge in [0.2, 0.25) is 5.91 Å². The van der Waals surface area contributed by atoms with Gasteiger partial charge in [0, 0.05) is 17.4 Å². The van der Waals surface area contributed by atoms with E-state index in [1.54, 1.807) is 0 Å². The Morgan fingerprint density at radius 1 is 1.09 bits per heavy atom. The van der Waals surface area contributed by atoms with E-state index >= 15 is 0 Å². The molecule has 2 rings (SSSR count). The zero-order chi connectivity index (χ0) is 15.8. The van der Waals surface area contributed by atoms with Crippen molar-refractivity contribution in [2.24, 2.45) is 0 Å². The van der Waals surface area contributed by atoms with E-state index in [-0.39, 0.29) is 12.5 Å². The summed E-state index contributed by atoms with van der Waals surface area (Å²) in [6, 6.07) is 16.9. The maximum absolute atomic E-state index is 11.9. The number of hydrogen-bond donors (Lipinski definition) is 2. The number of carbonyl (C=O) groups excluding carboxylic acids is 1. The monoisotopic (exact) mass is 296 g/mol. The highest BCUT2D eigenvalue weighted by Crippen LogP contribution is 2.17. The number of anilines is 2. The Morgan fingerprint density at radius 3 is 2.55 bits per heavy atom. The van der Waals surface area contributed by atoms with E-state index in [0.717, 1.165) is 22.7 Å². The summed E-state index contributed by atoms with van der Waals surface area (Å²) in [4.78, 5) is 11.9. The number of carbonyl (C=O) groups is 1. The first-order valence-electron chi connectivity index (χ1n) is 7.09. The number of benzene rings is 2. The van der Waals surface area contributed by atoms with E-state index in [9.17, 15) is 4.79 Å². The van der Waals surface area contributed by atoms with Crippen molar-refractivity contribution in [2.75, 3.05) is 23.8 Å². The Balaban J connectivity index is 1.84. The van der Waals surface area contributed by atoms with E-state index in [1.165, 1.54) is 0 Å². The molecule has 0 saturated heterocycles. The zero-order valence-electron chi connectivity index (χ0n) is 12.6. The molecule has 0 bridgehead atoms. The summed E-state index contributed by atoms with van der Waals surface area (Å²) in [6.07, 6.45) is 0. The molecule has 0 saturated carbocycles. The molecule has 0 aliphatic rings. The predicted octanol–water partition coefficient (Wildman–Crippen LogP) is 3.69. The van der Waals surface area contributed by atoms with Gasteiger partial charge in [-0.15, -0.1) is 0 Å². The second-order valence-electron chi connectivity index (χ2n) is 5.04. The summed E-state index contributed by atoms with van der Waals surface area (Å²) in [5.74, 6) is 0.649. The van der Waals surface area contributed by atoms with Crippen LogP contribution in [-0.4, -0.2) is 19.1 Å². The molecule has 0 heterocycles. The molecule has 22 heavy (non-hydrogen) atoms. The summed E-state index contributed by atoms with van der Waals surface area (Å²) < 4.78 is 5.57. The van der Waals surface area contributed by atoms with Gasteiger partial charge in [0.1, 0.15) is 12.4 Å². The van der Waals surface area contributed by atoms with Crippen LogP contribution in [0, 0.1) is 0 Å². The molecule has 0 aromatic heterocycles. The smallest absolute Gasteiger partial charge is 0.243 e. The molecule has 0 aliphatic carbocycles. The molecule has 114 valence electrons. The van der Waals surface area contributed by atoms with E-state index < -0.39 is 0 Å². The highest BCUT2D eigenvalue weighted by Gasteiger charge is 2.03. The summed E-state index contributed by atoms with van der Waals surface area (Å²) in [7, 11) is 0. The third-order valence-electron chi connectivity index (χ3n) is 2.83. The third-order valence-corrected chi connectivity index (χ3v) is 2.83. The molecule has 4 heteroatoms. The van der Waals surface area contributed by atoms with E-state index in [4.69, 9.17) is 4.74 Å². The van der Waals surface area contributed by atoms with Crippen molar-refractivity contribution < 1.29 is 9.53 Å². The fourth-order valence-electron chi connectivity index (χ4n) is 1.81. The van der Waals surface area contributed by atoms with Crippen LogP contribution in [0.5, 0.6) is 5.75 Å². The molecule has 2 N–H and O–H groups in total. The normalized spacial score (nSPS) is 9.86. The number of amides is 1. The number of nitrogens with one attached hydrogen (secondary N) is 2. The molecule has 0 atom stereocenters. The lowest BCUT2D eigenvalue weighted by molar-refractivity contribution is -0.114. The lowest BCUT2D eigenvalue weighted by atomic mass is 10.3. The molecule has 4 nitrogen and oxygen atoms in total. The van der Waals surface area contributed by atoms with Crippen LogP contribution < -0.4 is 15.4 Å². The molecule has 2 aromatic carbocycles. The van der Waals surface area contributed by atoms with Crippen LogP contribution in [0.4, 0.5) is 11.4 Å². The molecule has 0 spiro atoms. The number of ether oxygens (including phenoxy) is 1. The van der Waals surface area contributed by atoms with Gasteiger partial charge in [-0.25, -0.2) is 0 Å². The molecule has 0 fully saturated rings. The van der Waals surface area contributed by atoms with Crippen molar-refractivity contribution in [1.82, 2.24) is 0 Å². The van der Waals surface area contributed by atoms with Gasteiger partial charge in [-0.05, 0) is 36.8 Å². The Morgan fingerprint density at radius 2 is 1.82 bits per heavy atom. The van der Waals surface area contributed by atoms with Crippen molar-refractivity contribution in [3.05, 3.63) is 66.7 Å². The molecule has 0 aliphatic heterocycles. The summed E-state index contributed by atoms with van der Waals surface area (Å²) in [5.41, 5.74) is 2.58. The summed E-state index contributed by atoms with van der Waals surface area (Å²) >= 11 is 0. The van der Waals surface area contributed by atoms with Crippen molar-refractivity contribution >= 4 is 17.3 Å². The van der Waals surface area contributed by atoms with Gasteiger partial charge >= 0.3 is 0 Å². The molecular weight excluding hydrogens is 276 g/mol. The minimum atomic E-state index is -0.0977. The van der Waals surface area contributed by atoms with Crippen molar-refractivity contribution in [1.29, 1.82) is 0 Å². The lowest BCUT2D eigenvalue weighted by Gasteiger charge is -2.10. The van der Waals surface area contributed by atoms with Gasteiger partial charge in [-0.1, -0.05) is 30.8 Å². The van der Waals surface area contributed by atoms with Crippen molar-refractivity contribution in [3.63, 3.8) is 0 Å². The standard InChI is InChI=1S/C18H20N2O2/c1-14(2)13-22-17-10-6-9-16(11-17)19-12-18(21)20-15-7-4-3-5-8-15/h3-11,19H,1,12-13H2,2H3,(H,20,21). The minimum Gasteiger partial charge on any atom is -0.489 e. The Kier molecular flexibility index (Phi) is 5.60. The van der Waals surface area contributed by atoms with Crippen LogP contribution in [0.2, 0.25) is 0 Å².